The maximum atomic E-state index is 7.34. The lowest BCUT2D eigenvalue weighted by molar-refractivity contribution is 0.590. The molecule has 0 amide bonds. The van der Waals surface area contributed by atoms with Crippen molar-refractivity contribution < 1.29 is 4.42 Å². The molecule has 1 aromatic heterocycles. The SMILES string of the molecule is CC(C)(C)c1ccc(N(c2ccc(C(C)(C)C)cc2)c2ccc3c(c2)C(c2ccccc2)(c2ccccc2)c2cc(N(c4ccc(C(C)(C)C)cc4)c4ccc(C(C)(C)C)cc4)c4c5c(oc4c2-3)NCC=C5)cc1. The number of furan rings is 1. The fraction of sp³-hybridized carbons (Fsp3) is 0.257. The molecule has 1 aliphatic heterocycles. The van der Waals surface area contributed by atoms with Crippen LogP contribution in [-0.2, 0) is 27.1 Å². The van der Waals surface area contributed by atoms with Crippen molar-refractivity contribution in [1.29, 1.82) is 0 Å². The van der Waals surface area contributed by atoms with Crippen LogP contribution in [0.5, 0.6) is 0 Å². The van der Waals surface area contributed by atoms with Crippen molar-refractivity contribution >= 4 is 57.1 Å². The molecule has 1 N–H and O–H groups in total. The first-order chi connectivity index (χ1) is 35.2. The van der Waals surface area contributed by atoms with Crippen LogP contribution in [-0.4, -0.2) is 6.54 Å². The predicted octanol–water partition coefficient (Wildman–Crippen LogP) is 19.4. The number of nitrogens with one attached hydrogen (secondary N) is 1. The van der Waals surface area contributed by atoms with Gasteiger partial charge in [0.25, 0.3) is 0 Å². The highest BCUT2D eigenvalue weighted by atomic mass is 16.4. The first kappa shape index (κ1) is 48.7. The number of nitrogens with zero attached hydrogens (tertiary/aromatic N) is 2. The van der Waals surface area contributed by atoms with Crippen molar-refractivity contribution in [2.45, 2.75) is 110 Å². The molecule has 0 unspecified atom stereocenters. The smallest absolute Gasteiger partial charge is 0.201 e. The van der Waals surface area contributed by atoms with E-state index in [4.69, 9.17) is 4.42 Å². The van der Waals surface area contributed by atoms with Gasteiger partial charge in [0, 0.05) is 46.1 Å². The van der Waals surface area contributed by atoms with Gasteiger partial charge >= 0.3 is 0 Å². The van der Waals surface area contributed by atoms with Crippen LogP contribution in [0.3, 0.4) is 0 Å². The number of rotatable bonds is 8. The van der Waals surface area contributed by atoms with Crippen LogP contribution in [0.4, 0.5) is 40.0 Å². The molecule has 8 aromatic carbocycles. The maximum absolute atomic E-state index is 7.34. The van der Waals surface area contributed by atoms with E-state index in [1.165, 1.54) is 44.5 Å². The summed E-state index contributed by atoms with van der Waals surface area (Å²) in [5, 5.41) is 4.73. The summed E-state index contributed by atoms with van der Waals surface area (Å²) in [6, 6.07) is 68.8. The summed E-state index contributed by atoms with van der Waals surface area (Å²) in [5.74, 6) is 0.793. The maximum Gasteiger partial charge on any atom is 0.201 e. The van der Waals surface area contributed by atoms with Crippen molar-refractivity contribution in [2.75, 3.05) is 21.7 Å². The highest BCUT2D eigenvalue weighted by Crippen LogP contribution is 2.62. The summed E-state index contributed by atoms with van der Waals surface area (Å²) in [6.45, 7) is 28.1. The molecule has 0 fully saturated rings. The third-order valence-corrected chi connectivity index (χ3v) is 15.6. The molecule has 4 nitrogen and oxygen atoms in total. The summed E-state index contributed by atoms with van der Waals surface area (Å²) in [7, 11) is 0. The Bertz CT molecular complexity index is 3380. The van der Waals surface area contributed by atoms with Gasteiger partial charge in [0.1, 0.15) is 5.58 Å². The zero-order valence-electron chi connectivity index (χ0n) is 45.5. The predicted molar refractivity (Wildman–Crippen MR) is 315 cm³/mol. The van der Waals surface area contributed by atoms with Gasteiger partial charge in [0.05, 0.1) is 16.5 Å². The molecule has 0 saturated heterocycles. The minimum absolute atomic E-state index is 0.00438. The second-order valence-corrected chi connectivity index (χ2v) is 24.7. The van der Waals surface area contributed by atoms with Crippen LogP contribution in [0.1, 0.15) is 133 Å². The van der Waals surface area contributed by atoms with Gasteiger partial charge < -0.3 is 19.5 Å². The number of benzene rings is 8. The number of hydrogen-bond donors (Lipinski definition) is 1. The molecule has 0 saturated carbocycles. The van der Waals surface area contributed by atoms with Crippen molar-refractivity contribution in [3.05, 3.63) is 238 Å². The molecule has 74 heavy (non-hydrogen) atoms. The van der Waals surface area contributed by atoms with Gasteiger partial charge in [-0.3, -0.25) is 0 Å². The number of hydrogen-bond acceptors (Lipinski definition) is 4. The van der Waals surface area contributed by atoms with Gasteiger partial charge in [-0.25, -0.2) is 0 Å². The Labute approximate surface area is 440 Å². The summed E-state index contributed by atoms with van der Waals surface area (Å²) in [4.78, 5) is 4.91. The third kappa shape index (κ3) is 8.33. The Morgan fingerprint density at radius 1 is 0.432 bits per heavy atom. The van der Waals surface area contributed by atoms with Crippen molar-refractivity contribution in [3.8, 4) is 11.1 Å². The van der Waals surface area contributed by atoms with Gasteiger partial charge in [-0.1, -0.05) is 210 Å². The molecular formula is C70H71N3O. The fourth-order valence-corrected chi connectivity index (χ4v) is 11.5. The summed E-state index contributed by atoms with van der Waals surface area (Å²) in [6.07, 6.45) is 4.47. The quantitative estimate of drug-likeness (QED) is 0.164. The van der Waals surface area contributed by atoms with Crippen molar-refractivity contribution in [1.82, 2.24) is 0 Å². The monoisotopic (exact) mass is 970 g/mol. The molecular weight excluding hydrogens is 899 g/mol. The lowest BCUT2D eigenvalue weighted by Crippen LogP contribution is -2.29. The fourth-order valence-electron chi connectivity index (χ4n) is 11.5. The van der Waals surface area contributed by atoms with Crippen LogP contribution in [0, 0.1) is 0 Å². The molecule has 4 heteroatoms. The topological polar surface area (TPSA) is 31.6 Å². The highest BCUT2D eigenvalue weighted by Gasteiger charge is 2.49. The Morgan fingerprint density at radius 3 is 1.26 bits per heavy atom. The lowest BCUT2D eigenvalue weighted by atomic mass is 9.67. The Kier molecular flexibility index (Phi) is 11.7. The number of anilines is 7. The van der Waals surface area contributed by atoms with E-state index in [-0.39, 0.29) is 21.7 Å². The van der Waals surface area contributed by atoms with Gasteiger partial charge in [-0.05, 0) is 138 Å². The normalized spacial score (nSPS) is 14.1. The molecule has 0 bridgehead atoms. The first-order valence-corrected chi connectivity index (χ1v) is 26.6. The molecule has 0 atom stereocenters. The van der Waals surface area contributed by atoms with E-state index < -0.39 is 5.41 Å². The van der Waals surface area contributed by atoms with E-state index >= 15 is 0 Å². The first-order valence-electron chi connectivity index (χ1n) is 26.6. The molecule has 372 valence electrons. The number of fused-ring (bicyclic) bond motifs is 7. The van der Waals surface area contributed by atoms with Crippen LogP contribution in [0.2, 0.25) is 0 Å². The van der Waals surface area contributed by atoms with E-state index in [1.807, 2.05) is 0 Å². The van der Waals surface area contributed by atoms with Gasteiger partial charge in [0.2, 0.25) is 5.88 Å². The summed E-state index contributed by atoms with van der Waals surface area (Å²) in [5.41, 5.74) is 19.9. The Hall–Kier alpha value is -7.56. The Balaban J connectivity index is 1.24. The molecule has 0 spiro atoms. The van der Waals surface area contributed by atoms with Crippen molar-refractivity contribution in [2.24, 2.45) is 0 Å². The van der Waals surface area contributed by atoms with E-state index in [9.17, 15) is 0 Å². The molecule has 11 rings (SSSR count). The zero-order chi connectivity index (χ0) is 52.0. The summed E-state index contributed by atoms with van der Waals surface area (Å²) < 4.78 is 7.34. The molecule has 9 aromatic rings. The van der Waals surface area contributed by atoms with Gasteiger partial charge in [-0.15, -0.1) is 0 Å². The molecule has 2 aliphatic rings. The second kappa shape index (κ2) is 17.8. The van der Waals surface area contributed by atoms with Crippen LogP contribution < -0.4 is 15.1 Å². The second-order valence-electron chi connectivity index (χ2n) is 24.7. The van der Waals surface area contributed by atoms with Gasteiger partial charge in [-0.2, -0.15) is 0 Å². The third-order valence-electron chi connectivity index (χ3n) is 15.6. The van der Waals surface area contributed by atoms with E-state index in [1.54, 1.807) is 0 Å². The average molecular weight is 970 g/mol. The lowest BCUT2D eigenvalue weighted by Gasteiger charge is -2.36. The molecule has 0 radical (unpaired) electrons. The van der Waals surface area contributed by atoms with Gasteiger partial charge in [0.15, 0.2) is 0 Å². The van der Waals surface area contributed by atoms with E-state index in [0.717, 1.165) is 67.7 Å². The zero-order valence-corrected chi connectivity index (χ0v) is 45.5. The average Bonchev–Trinajstić information content (AvgIpc) is 3.96. The van der Waals surface area contributed by atoms with E-state index in [2.05, 4.69) is 292 Å². The largest absolute Gasteiger partial charge is 0.439 e. The highest BCUT2D eigenvalue weighted by molar-refractivity contribution is 6.14. The van der Waals surface area contributed by atoms with Crippen LogP contribution >= 0.6 is 0 Å². The van der Waals surface area contributed by atoms with Crippen LogP contribution in [0.15, 0.2) is 192 Å². The van der Waals surface area contributed by atoms with Crippen molar-refractivity contribution in [3.63, 3.8) is 0 Å². The standard InChI is InChI=1S/C70H71N3O/c1-66(2,3)46-25-33-52(34-26-46)72(53-35-27-47(28-36-53)67(4,5)6)56-41-42-57-59(44-56)70(50-20-15-13-16-21-50,51-22-17-14-18-23-51)60-45-61(63-58-24-19-43-71-65(58)74-64(63)62(57)60)73(54-37-29-48(30-38-54)68(7,8)9)55-39-31-49(32-40-55)69(10,11)12/h13-42,44-45,71H,43H2,1-12H3. The molecule has 2 heterocycles. The Morgan fingerprint density at radius 2 is 0.838 bits per heavy atom. The minimum Gasteiger partial charge on any atom is -0.439 e. The van der Waals surface area contributed by atoms with Crippen LogP contribution in [0.25, 0.3) is 28.2 Å². The van der Waals surface area contributed by atoms with E-state index in [0.29, 0.717) is 6.54 Å². The summed E-state index contributed by atoms with van der Waals surface area (Å²) >= 11 is 0. The minimum atomic E-state index is -0.765. The molecule has 1 aliphatic carbocycles.